The molecule has 3 aromatic rings. The first-order chi connectivity index (χ1) is 14.9. The molecule has 2 aliphatic heterocycles. The van der Waals surface area contributed by atoms with Crippen molar-refractivity contribution in [1.29, 1.82) is 0 Å². The topological polar surface area (TPSA) is 21.7 Å². The van der Waals surface area contributed by atoms with Gasteiger partial charge in [0.05, 0.1) is 16.8 Å². The third-order valence-corrected chi connectivity index (χ3v) is 5.54. The second kappa shape index (κ2) is 7.14. The number of nitrogens with zero attached hydrogens (tertiary/aromatic N) is 1. The van der Waals surface area contributed by atoms with Crippen LogP contribution in [0.2, 0.25) is 0 Å². The monoisotopic (exact) mass is 433 g/mol. The lowest BCUT2D eigenvalue weighted by atomic mass is 9.96. The Hall–Kier alpha value is -3.29. The summed E-state index contributed by atoms with van der Waals surface area (Å²) in [5.41, 5.74) is -0.382. The molecule has 5 rings (SSSR count). The van der Waals surface area contributed by atoms with Crippen LogP contribution in [0.4, 0.5) is 27.6 Å². The predicted molar refractivity (Wildman–Crippen MR) is 103 cm³/mol. The van der Waals surface area contributed by atoms with Crippen molar-refractivity contribution in [2.24, 2.45) is 0 Å². The third kappa shape index (κ3) is 3.17. The number of hydrogen-bond acceptors (Lipinski definition) is 3. The van der Waals surface area contributed by atoms with Crippen molar-refractivity contribution in [2.75, 3.05) is 18.0 Å². The number of hydrogen-bond donors (Lipinski definition) is 0. The van der Waals surface area contributed by atoms with Gasteiger partial charge in [-0.2, -0.15) is 0 Å². The van der Waals surface area contributed by atoms with E-state index >= 15 is 0 Å². The highest BCUT2D eigenvalue weighted by Crippen LogP contribution is 2.50. The second-order valence-corrected chi connectivity index (χ2v) is 7.51. The van der Waals surface area contributed by atoms with Gasteiger partial charge in [-0.15, -0.1) is 0 Å². The molecule has 8 heteroatoms. The Bertz CT molecular complexity index is 1130. The molecular formula is C23H16F5NO2. The van der Waals surface area contributed by atoms with Gasteiger partial charge < -0.3 is 14.4 Å². The Kier molecular flexibility index (Phi) is 4.53. The minimum absolute atomic E-state index is 0.0655. The highest BCUT2D eigenvalue weighted by molar-refractivity contribution is 5.60. The molecule has 0 unspecified atom stereocenters. The third-order valence-electron chi connectivity index (χ3n) is 5.54. The van der Waals surface area contributed by atoms with Gasteiger partial charge in [-0.1, -0.05) is 0 Å². The zero-order valence-corrected chi connectivity index (χ0v) is 16.1. The van der Waals surface area contributed by atoms with Crippen LogP contribution in [0.1, 0.15) is 24.0 Å². The van der Waals surface area contributed by atoms with Gasteiger partial charge in [-0.3, -0.25) is 0 Å². The maximum absolute atomic E-state index is 14.8. The van der Waals surface area contributed by atoms with Gasteiger partial charge in [0, 0.05) is 37.4 Å². The van der Waals surface area contributed by atoms with E-state index in [2.05, 4.69) is 0 Å². The molecule has 1 fully saturated rings. The van der Waals surface area contributed by atoms with Crippen molar-refractivity contribution in [2.45, 2.75) is 18.6 Å². The Morgan fingerprint density at radius 3 is 1.68 bits per heavy atom. The number of ether oxygens (including phenoxy) is 2. The Labute approximate surface area is 174 Å². The smallest absolute Gasteiger partial charge is 0.311 e. The zero-order chi connectivity index (χ0) is 21.8. The van der Waals surface area contributed by atoms with Crippen molar-refractivity contribution in [3.8, 4) is 11.5 Å². The van der Waals surface area contributed by atoms with Crippen molar-refractivity contribution in [3.63, 3.8) is 0 Å². The van der Waals surface area contributed by atoms with Crippen LogP contribution >= 0.6 is 0 Å². The summed E-state index contributed by atoms with van der Waals surface area (Å²) >= 11 is 0. The quantitative estimate of drug-likeness (QED) is 0.498. The van der Waals surface area contributed by atoms with Gasteiger partial charge in [-0.05, 0) is 37.1 Å². The first-order valence-corrected chi connectivity index (χ1v) is 9.75. The summed E-state index contributed by atoms with van der Waals surface area (Å²) in [5, 5.41) is 0. The van der Waals surface area contributed by atoms with E-state index < -0.39 is 34.9 Å². The van der Waals surface area contributed by atoms with E-state index in [1.807, 2.05) is 4.90 Å². The van der Waals surface area contributed by atoms with Crippen molar-refractivity contribution >= 4 is 5.69 Å². The summed E-state index contributed by atoms with van der Waals surface area (Å²) in [4.78, 5) is 1.84. The first-order valence-electron chi connectivity index (χ1n) is 9.75. The molecule has 2 aliphatic rings. The van der Waals surface area contributed by atoms with Crippen LogP contribution in [0.5, 0.6) is 11.5 Å². The van der Waals surface area contributed by atoms with Crippen molar-refractivity contribution in [3.05, 3.63) is 88.7 Å². The van der Waals surface area contributed by atoms with Gasteiger partial charge in [0.1, 0.15) is 29.1 Å². The molecule has 2 heterocycles. The summed E-state index contributed by atoms with van der Waals surface area (Å²) < 4.78 is 83.2. The van der Waals surface area contributed by atoms with E-state index in [0.29, 0.717) is 25.2 Å². The summed E-state index contributed by atoms with van der Waals surface area (Å²) in [7, 11) is 0. The van der Waals surface area contributed by atoms with E-state index in [0.717, 1.165) is 43.2 Å². The molecule has 0 N–H and O–H groups in total. The molecule has 3 aromatic carbocycles. The van der Waals surface area contributed by atoms with Crippen molar-refractivity contribution < 1.29 is 31.4 Å². The summed E-state index contributed by atoms with van der Waals surface area (Å²) in [6.07, 6.45) is 1.83. The molecule has 160 valence electrons. The second-order valence-electron chi connectivity index (χ2n) is 7.51. The number of benzene rings is 3. The van der Waals surface area contributed by atoms with Crippen LogP contribution in [0, 0.1) is 29.1 Å². The molecule has 1 saturated heterocycles. The maximum Gasteiger partial charge on any atom is 0.311 e. The highest BCUT2D eigenvalue weighted by atomic mass is 19.1. The van der Waals surface area contributed by atoms with Gasteiger partial charge in [-0.25, -0.2) is 22.0 Å². The maximum atomic E-state index is 14.8. The molecule has 0 aromatic heterocycles. The highest BCUT2D eigenvalue weighted by Gasteiger charge is 2.49. The fourth-order valence-electron chi connectivity index (χ4n) is 4.09. The van der Waals surface area contributed by atoms with E-state index in [9.17, 15) is 22.0 Å². The standard InChI is InChI=1S/C23H16F5NO2/c24-13-3-5-15(17(26)9-13)23(16-6-4-14(25)10-18(16)27)30-21-11-19(28)20(12-22(21)31-23)29-7-1-2-8-29/h3-6,9-12H,1-2,7-8H2. The molecule has 0 atom stereocenters. The number of fused-ring (bicyclic) bond motifs is 1. The molecule has 0 spiro atoms. The number of anilines is 1. The van der Waals surface area contributed by atoms with Crippen LogP contribution < -0.4 is 14.4 Å². The lowest BCUT2D eigenvalue weighted by Gasteiger charge is -2.29. The average molecular weight is 433 g/mol. The van der Waals surface area contributed by atoms with Crippen molar-refractivity contribution in [1.82, 2.24) is 0 Å². The van der Waals surface area contributed by atoms with Crippen LogP contribution in [0.25, 0.3) is 0 Å². The molecule has 0 amide bonds. The average Bonchev–Trinajstić information content (AvgIpc) is 3.35. The first kappa shape index (κ1) is 19.7. The van der Waals surface area contributed by atoms with Gasteiger partial charge in [0.15, 0.2) is 11.5 Å². The predicted octanol–water partition coefficient (Wildman–Crippen LogP) is 5.65. The van der Waals surface area contributed by atoms with E-state index in [-0.39, 0.29) is 28.3 Å². The van der Waals surface area contributed by atoms with E-state index in [4.69, 9.17) is 9.47 Å². The number of halogens is 5. The van der Waals surface area contributed by atoms with Gasteiger partial charge in [0.2, 0.25) is 0 Å². The SMILES string of the molecule is Fc1ccc(C2(c3ccc(F)cc3F)Oc3cc(F)c(N4CCCC4)cc3O2)c(F)c1. The zero-order valence-electron chi connectivity index (χ0n) is 16.1. The molecule has 31 heavy (non-hydrogen) atoms. The molecule has 3 nitrogen and oxygen atoms in total. The van der Waals surface area contributed by atoms with Gasteiger partial charge >= 0.3 is 5.79 Å². The molecule has 0 bridgehead atoms. The minimum Gasteiger partial charge on any atom is -0.440 e. The number of rotatable bonds is 3. The summed E-state index contributed by atoms with van der Waals surface area (Å²) in [6.45, 7) is 1.34. The largest absolute Gasteiger partial charge is 0.440 e. The van der Waals surface area contributed by atoms with Crippen LogP contribution in [0.3, 0.4) is 0 Å². The van der Waals surface area contributed by atoms with E-state index in [1.165, 1.54) is 6.07 Å². The Morgan fingerprint density at radius 2 is 1.16 bits per heavy atom. The fraction of sp³-hybridized carbons (Fsp3) is 0.217. The van der Waals surface area contributed by atoms with E-state index in [1.54, 1.807) is 0 Å². The fourth-order valence-corrected chi connectivity index (χ4v) is 4.09. The van der Waals surface area contributed by atoms with Crippen LogP contribution in [-0.4, -0.2) is 13.1 Å². The Balaban J connectivity index is 1.68. The van der Waals surface area contributed by atoms with Gasteiger partial charge in [0.25, 0.3) is 0 Å². The Morgan fingerprint density at radius 1 is 0.645 bits per heavy atom. The summed E-state index contributed by atoms with van der Waals surface area (Å²) in [6, 6.07) is 7.75. The molecule has 0 aliphatic carbocycles. The lowest BCUT2D eigenvalue weighted by Crippen LogP contribution is -2.39. The molecule has 0 saturated carbocycles. The molecule has 0 radical (unpaired) electrons. The van der Waals surface area contributed by atoms with Crippen LogP contribution in [-0.2, 0) is 5.79 Å². The molecular weight excluding hydrogens is 417 g/mol. The summed E-state index contributed by atoms with van der Waals surface area (Å²) in [5.74, 6) is -6.63. The van der Waals surface area contributed by atoms with Crippen LogP contribution in [0.15, 0.2) is 48.5 Å². The lowest BCUT2D eigenvalue weighted by molar-refractivity contribution is -0.0516. The minimum atomic E-state index is -2.23. The normalized spacial score (nSPS) is 16.7.